The molecular formula is C16H24N2O. The molecule has 0 saturated heterocycles. The van der Waals surface area contributed by atoms with Gasteiger partial charge >= 0.3 is 0 Å². The summed E-state index contributed by atoms with van der Waals surface area (Å²) >= 11 is 0. The van der Waals surface area contributed by atoms with E-state index in [0.717, 1.165) is 24.0 Å². The number of hydrogen-bond donors (Lipinski definition) is 1. The van der Waals surface area contributed by atoms with Gasteiger partial charge in [-0.2, -0.15) is 0 Å². The van der Waals surface area contributed by atoms with Gasteiger partial charge in [-0.05, 0) is 37.3 Å². The normalized spacial score (nSPS) is 24.5. The fraction of sp³-hybridized carbons (Fsp3) is 0.625. The number of Topliss-reactive ketones (excluding diaryl/α,β-unsaturated/α-hetero) is 1. The molecule has 19 heavy (non-hydrogen) atoms. The molecule has 1 aromatic rings. The number of nitrogen functional groups attached to an aromatic ring is 1. The summed E-state index contributed by atoms with van der Waals surface area (Å²) < 4.78 is 0. The molecule has 0 spiro atoms. The lowest BCUT2D eigenvalue weighted by atomic mass is 9.64. The van der Waals surface area contributed by atoms with Crippen molar-refractivity contribution in [3.05, 3.63) is 23.4 Å². The van der Waals surface area contributed by atoms with Crippen LogP contribution in [0.25, 0.3) is 0 Å². The molecule has 1 saturated carbocycles. The van der Waals surface area contributed by atoms with E-state index in [4.69, 9.17) is 5.73 Å². The van der Waals surface area contributed by atoms with Crippen molar-refractivity contribution in [1.82, 2.24) is 4.98 Å². The van der Waals surface area contributed by atoms with Crippen molar-refractivity contribution < 1.29 is 4.79 Å². The van der Waals surface area contributed by atoms with Crippen LogP contribution in [-0.4, -0.2) is 10.8 Å². The fourth-order valence-corrected chi connectivity index (χ4v) is 3.56. The lowest BCUT2D eigenvalue weighted by Crippen LogP contribution is -2.39. The van der Waals surface area contributed by atoms with Gasteiger partial charge in [-0.3, -0.25) is 4.79 Å². The summed E-state index contributed by atoms with van der Waals surface area (Å²) in [5, 5.41) is 0. The third-order valence-electron chi connectivity index (χ3n) is 4.59. The number of carbonyl (C=O) groups excluding carboxylic acids is 1. The zero-order valence-corrected chi connectivity index (χ0v) is 12.4. The quantitative estimate of drug-likeness (QED) is 0.888. The summed E-state index contributed by atoms with van der Waals surface area (Å²) in [7, 11) is 0. The number of aryl methyl sites for hydroxylation is 1. The first kappa shape index (κ1) is 14.0. The Labute approximate surface area is 115 Å². The predicted octanol–water partition coefficient (Wildman–Crippen LogP) is 3.26. The van der Waals surface area contributed by atoms with E-state index in [9.17, 15) is 4.79 Å². The zero-order valence-electron chi connectivity index (χ0n) is 12.4. The number of nitrogens with two attached hydrogens (primary N) is 1. The first-order valence-electron chi connectivity index (χ1n) is 7.08. The molecular weight excluding hydrogens is 236 g/mol. The van der Waals surface area contributed by atoms with Crippen LogP contribution in [0.2, 0.25) is 0 Å². The van der Waals surface area contributed by atoms with Gasteiger partial charge in [0.05, 0.1) is 0 Å². The fourth-order valence-electron chi connectivity index (χ4n) is 3.56. The molecule has 0 aromatic carbocycles. The van der Waals surface area contributed by atoms with Gasteiger partial charge in [0.25, 0.3) is 0 Å². The number of anilines is 1. The predicted molar refractivity (Wildman–Crippen MR) is 77.9 cm³/mol. The Hall–Kier alpha value is -1.38. The van der Waals surface area contributed by atoms with Crippen LogP contribution in [0.4, 0.5) is 5.82 Å². The average molecular weight is 260 g/mol. The van der Waals surface area contributed by atoms with Crippen LogP contribution in [0, 0.1) is 18.8 Å². The van der Waals surface area contributed by atoms with Gasteiger partial charge in [0.2, 0.25) is 0 Å². The standard InChI is InChI=1S/C16H24N2O/c1-10-5-6-12(13(19)9-10)16(3,4)14-11(2)7-8-18-15(14)17/h7-8,10,12H,5-6,9H2,1-4H3,(H2,17,18). The van der Waals surface area contributed by atoms with Crippen LogP contribution >= 0.6 is 0 Å². The van der Waals surface area contributed by atoms with Crippen LogP contribution in [0.3, 0.4) is 0 Å². The summed E-state index contributed by atoms with van der Waals surface area (Å²) in [5.74, 6) is 1.53. The SMILES string of the molecule is Cc1ccnc(N)c1C(C)(C)C1CCC(C)CC1=O. The summed E-state index contributed by atoms with van der Waals surface area (Å²) in [6.45, 7) is 8.47. The number of aromatic nitrogens is 1. The molecule has 1 aliphatic carbocycles. The maximum Gasteiger partial charge on any atom is 0.137 e. The molecule has 0 amide bonds. The lowest BCUT2D eigenvalue weighted by molar-refractivity contribution is -0.128. The van der Waals surface area contributed by atoms with Gasteiger partial charge in [-0.25, -0.2) is 4.98 Å². The molecule has 2 rings (SSSR count). The lowest BCUT2D eigenvalue weighted by Gasteiger charge is -2.39. The van der Waals surface area contributed by atoms with Crippen LogP contribution in [0.15, 0.2) is 12.3 Å². The number of pyridine rings is 1. The Morgan fingerprint density at radius 2 is 2.05 bits per heavy atom. The first-order chi connectivity index (χ1) is 8.84. The number of hydrogen-bond acceptors (Lipinski definition) is 3. The van der Waals surface area contributed by atoms with Crippen molar-refractivity contribution in [1.29, 1.82) is 0 Å². The maximum absolute atomic E-state index is 12.4. The third kappa shape index (κ3) is 2.51. The third-order valence-corrected chi connectivity index (χ3v) is 4.59. The van der Waals surface area contributed by atoms with Crippen molar-refractivity contribution in [2.75, 3.05) is 5.73 Å². The molecule has 1 aromatic heterocycles. The molecule has 1 fully saturated rings. The molecule has 1 heterocycles. The Kier molecular flexibility index (Phi) is 3.66. The number of ketones is 1. The highest BCUT2D eigenvalue weighted by Gasteiger charge is 2.40. The van der Waals surface area contributed by atoms with Crippen molar-refractivity contribution in [3.63, 3.8) is 0 Å². The monoisotopic (exact) mass is 260 g/mol. The van der Waals surface area contributed by atoms with E-state index in [0.29, 0.717) is 23.9 Å². The molecule has 0 bridgehead atoms. The summed E-state index contributed by atoms with van der Waals surface area (Å²) in [4.78, 5) is 16.6. The van der Waals surface area contributed by atoms with Crippen LogP contribution in [-0.2, 0) is 10.2 Å². The second kappa shape index (κ2) is 4.95. The largest absolute Gasteiger partial charge is 0.383 e. The second-order valence-electron chi connectivity index (χ2n) is 6.52. The maximum atomic E-state index is 12.4. The van der Waals surface area contributed by atoms with Crippen LogP contribution in [0.1, 0.15) is 51.2 Å². The van der Waals surface area contributed by atoms with Crippen molar-refractivity contribution in [2.24, 2.45) is 11.8 Å². The Morgan fingerprint density at radius 1 is 1.37 bits per heavy atom. The second-order valence-corrected chi connectivity index (χ2v) is 6.52. The molecule has 104 valence electrons. The zero-order chi connectivity index (χ0) is 14.2. The molecule has 3 heteroatoms. The minimum absolute atomic E-state index is 0.0638. The van der Waals surface area contributed by atoms with E-state index in [1.165, 1.54) is 0 Å². The van der Waals surface area contributed by atoms with E-state index < -0.39 is 0 Å². The molecule has 2 atom stereocenters. The van der Waals surface area contributed by atoms with Crippen LogP contribution < -0.4 is 5.73 Å². The van der Waals surface area contributed by atoms with E-state index in [1.54, 1.807) is 6.20 Å². The smallest absolute Gasteiger partial charge is 0.137 e. The highest BCUT2D eigenvalue weighted by Crippen LogP contribution is 2.42. The first-order valence-corrected chi connectivity index (χ1v) is 7.08. The minimum Gasteiger partial charge on any atom is -0.383 e. The number of rotatable bonds is 2. The highest BCUT2D eigenvalue weighted by atomic mass is 16.1. The minimum atomic E-state index is -0.236. The molecule has 3 nitrogen and oxygen atoms in total. The van der Waals surface area contributed by atoms with Gasteiger partial charge < -0.3 is 5.73 Å². The Bertz CT molecular complexity index is 473. The van der Waals surface area contributed by atoms with E-state index in [-0.39, 0.29) is 11.3 Å². The van der Waals surface area contributed by atoms with Crippen molar-refractivity contribution in [3.8, 4) is 0 Å². The topological polar surface area (TPSA) is 56.0 Å². The average Bonchev–Trinajstić information content (AvgIpc) is 2.27. The van der Waals surface area contributed by atoms with Gasteiger partial charge in [0, 0.05) is 29.5 Å². The van der Waals surface area contributed by atoms with E-state index >= 15 is 0 Å². The molecule has 0 aliphatic heterocycles. The van der Waals surface area contributed by atoms with Gasteiger partial charge in [0.1, 0.15) is 11.6 Å². The molecule has 1 aliphatic rings. The van der Waals surface area contributed by atoms with Crippen LogP contribution in [0.5, 0.6) is 0 Å². The van der Waals surface area contributed by atoms with E-state index in [2.05, 4.69) is 25.8 Å². The molecule has 0 radical (unpaired) electrons. The van der Waals surface area contributed by atoms with Crippen molar-refractivity contribution in [2.45, 2.75) is 52.4 Å². The number of nitrogens with zero attached hydrogens (tertiary/aromatic N) is 1. The van der Waals surface area contributed by atoms with Gasteiger partial charge in [-0.1, -0.05) is 20.8 Å². The summed E-state index contributed by atoms with van der Waals surface area (Å²) in [6.07, 6.45) is 4.52. The molecule has 2 unspecified atom stereocenters. The Balaban J connectivity index is 2.39. The van der Waals surface area contributed by atoms with Gasteiger partial charge in [-0.15, -0.1) is 0 Å². The number of carbonyl (C=O) groups is 1. The molecule has 2 N–H and O–H groups in total. The van der Waals surface area contributed by atoms with E-state index in [1.807, 2.05) is 13.0 Å². The summed E-state index contributed by atoms with van der Waals surface area (Å²) in [6, 6.07) is 1.98. The highest BCUT2D eigenvalue weighted by molar-refractivity contribution is 5.84. The van der Waals surface area contributed by atoms with Crippen molar-refractivity contribution >= 4 is 11.6 Å². The Morgan fingerprint density at radius 3 is 2.63 bits per heavy atom. The van der Waals surface area contributed by atoms with Gasteiger partial charge in [0.15, 0.2) is 0 Å². The summed E-state index contributed by atoms with van der Waals surface area (Å²) in [5.41, 5.74) is 8.00.